The number of aromatic nitrogens is 3. The fourth-order valence-corrected chi connectivity index (χ4v) is 3.32. The van der Waals surface area contributed by atoms with Crippen LogP contribution >= 0.6 is 0 Å². The Morgan fingerprint density at radius 1 is 1.19 bits per heavy atom. The van der Waals surface area contributed by atoms with Crippen LogP contribution in [0.3, 0.4) is 0 Å². The molecule has 3 aromatic rings. The third-order valence-corrected chi connectivity index (χ3v) is 5.09. The van der Waals surface area contributed by atoms with E-state index in [0.29, 0.717) is 43.4 Å². The average molecular weight is 433 g/mol. The number of nitrogens with zero attached hydrogens (tertiary/aromatic N) is 5. The SMILES string of the molecule is Cc1ccc(Oc2ccc(COc3cc(N4CCOCC4)n(C)c(=O)n3)cc2C#N)cn1. The first-order valence-corrected chi connectivity index (χ1v) is 10.2. The molecule has 0 amide bonds. The van der Waals surface area contributed by atoms with Gasteiger partial charge in [0.1, 0.15) is 30.0 Å². The molecule has 0 saturated carbocycles. The lowest BCUT2D eigenvalue weighted by Gasteiger charge is -2.29. The molecule has 0 aliphatic carbocycles. The highest BCUT2D eigenvalue weighted by molar-refractivity contribution is 5.47. The van der Waals surface area contributed by atoms with E-state index in [4.69, 9.17) is 14.2 Å². The quantitative estimate of drug-likeness (QED) is 0.584. The van der Waals surface area contributed by atoms with Crippen LogP contribution in [0.2, 0.25) is 0 Å². The van der Waals surface area contributed by atoms with Crippen LogP contribution in [0.15, 0.2) is 47.4 Å². The standard InChI is InChI=1S/C23H23N5O4/c1-16-3-5-19(14-25-16)32-20-6-4-17(11-18(20)13-24)15-31-21-12-22(27(2)23(29)26-21)28-7-9-30-10-8-28/h3-6,11-12,14H,7-10,15H2,1-2H3. The maximum absolute atomic E-state index is 12.3. The van der Waals surface area contributed by atoms with Crippen LogP contribution in [0.5, 0.6) is 17.4 Å². The molecule has 9 heteroatoms. The lowest BCUT2D eigenvalue weighted by atomic mass is 10.1. The van der Waals surface area contributed by atoms with Gasteiger partial charge in [-0.15, -0.1) is 0 Å². The zero-order valence-electron chi connectivity index (χ0n) is 17.9. The first-order chi connectivity index (χ1) is 15.5. The molecule has 0 N–H and O–H groups in total. The monoisotopic (exact) mass is 433 g/mol. The van der Waals surface area contributed by atoms with E-state index in [-0.39, 0.29) is 12.5 Å². The number of aryl methyl sites for hydroxylation is 1. The van der Waals surface area contributed by atoms with Crippen LogP contribution in [0.4, 0.5) is 5.82 Å². The van der Waals surface area contributed by atoms with Crippen molar-refractivity contribution in [3.05, 3.63) is 69.9 Å². The summed E-state index contributed by atoms with van der Waals surface area (Å²) < 4.78 is 18.5. The van der Waals surface area contributed by atoms with E-state index >= 15 is 0 Å². The molecule has 4 rings (SSSR count). The summed E-state index contributed by atoms with van der Waals surface area (Å²) in [4.78, 5) is 22.6. The Morgan fingerprint density at radius 3 is 2.72 bits per heavy atom. The van der Waals surface area contributed by atoms with E-state index in [9.17, 15) is 10.1 Å². The summed E-state index contributed by atoms with van der Waals surface area (Å²) in [5, 5.41) is 9.54. The van der Waals surface area contributed by atoms with Crippen molar-refractivity contribution in [3.8, 4) is 23.4 Å². The second-order valence-corrected chi connectivity index (χ2v) is 7.36. The van der Waals surface area contributed by atoms with Crippen LogP contribution in [0.1, 0.15) is 16.8 Å². The summed E-state index contributed by atoms with van der Waals surface area (Å²) in [6, 6.07) is 12.8. The number of hydrogen-bond donors (Lipinski definition) is 0. The fraction of sp³-hybridized carbons (Fsp3) is 0.304. The van der Waals surface area contributed by atoms with E-state index in [1.807, 2.05) is 19.1 Å². The van der Waals surface area contributed by atoms with Crippen LogP contribution in [-0.4, -0.2) is 40.8 Å². The van der Waals surface area contributed by atoms with Crippen molar-refractivity contribution in [2.45, 2.75) is 13.5 Å². The minimum Gasteiger partial charge on any atom is -0.473 e. The van der Waals surface area contributed by atoms with Crippen molar-refractivity contribution >= 4 is 5.82 Å². The molecule has 164 valence electrons. The van der Waals surface area contributed by atoms with Gasteiger partial charge in [-0.1, -0.05) is 6.07 Å². The van der Waals surface area contributed by atoms with Crippen LogP contribution in [-0.2, 0) is 18.4 Å². The molecule has 1 fully saturated rings. The van der Waals surface area contributed by atoms with Gasteiger partial charge in [-0.25, -0.2) is 4.79 Å². The normalized spacial score (nSPS) is 13.5. The molecule has 1 aromatic carbocycles. The molecule has 0 atom stereocenters. The zero-order valence-corrected chi connectivity index (χ0v) is 17.9. The maximum Gasteiger partial charge on any atom is 0.352 e. The largest absolute Gasteiger partial charge is 0.473 e. The van der Waals surface area contributed by atoms with Gasteiger partial charge in [-0.2, -0.15) is 10.2 Å². The third kappa shape index (κ3) is 4.87. The summed E-state index contributed by atoms with van der Waals surface area (Å²) in [6.07, 6.45) is 1.61. The lowest BCUT2D eigenvalue weighted by Crippen LogP contribution is -2.39. The molecule has 1 aliphatic rings. The smallest absolute Gasteiger partial charge is 0.352 e. The summed E-state index contributed by atoms with van der Waals surface area (Å²) in [5.74, 6) is 1.95. The predicted octanol–water partition coefficient (Wildman–Crippen LogP) is 2.56. The van der Waals surface area contributed by atoms with Crippen LogP contribution in [0, 0.1) is 18.3 Å². The van der Waals surface area contributed by atoms with Crippen molar-refractivity contribution in [2.75, 3.05) is 31.2 Å². The van der Waals surface area contributed by atoms with Gasteiger partial charge in [0.05, 0.1) is 25.0 Å². The van der Waals surface area contributed by atoms with Crippen LogP contribution in [0.25, 0.3) is 0 Å². The number of benzene rings is 1. The number of anilines is 1. The first kappa shape index (κ1) is 21.3. The van der Waals surface area contributed by atoms with E-state index in [0.717, 1.165) is 17.1 Å². The maximum atomic E-state index is 12.3. The molecule has 9 nitrogen and oxygen atoms in total. The Labute approximate surface area is 185 Å². The molecular weight excluding hydrogens is 410 g/mol. The second kappa shape index (κ2) is 9.49. The molecule has 0 unspecified atom stereocenters. The number of ether oxygens (including phenoxy) is 3. The van der Waals surface area contributed by atoms with Crippen molar-refractivity contribution in [3.63, 3.8) is 0 Å². The average Bonchev–Trinajstić information content (AvgIpc) is 2.82. The first-order valence-electron chi connectivity index (χ1n) is 10.2. The third-order valence-electron chi connectivity index (χ3n) is 5.09. The Kier molecular flexibility index (Phi) is 6.33. The predicted molar refractivity (Wildman–Crippen MR) is 117 cm³/mol. The number of morpholine rings is 1. The van der Waals surface area contributed by atoms with E-state index in [2.05, 4.69) is 20.9 Å². The summed E-state index contributed by atoms with van der Waals surface area (Å²) in [7, 11) is 1.69. The van der Waals surface area contributed by atoms with Crippen molar-refractivity contribution in [1.82, 2.24) is 14.5 Å². The van der Waals surface area contributed by atoms with Crippen molar-refractivity contribution < 1.29 is 14.2 Å². The Bertz CT molecular complexity index is 1190. The van der Waals surface area contributed by atoms with Crippen molar-refractivity contribution in [1.29, 1.82) is 5.26 Å². The highest BCUT2D eigenvalue weighted by Crippen LogP contribution is 2.26. The van der Waals surface area contributed by atoms with Crippen LogP contribution < -0.4 is 20.1 Å². The number of hydrogen-bond acceptors (Lipinski definition) is 8. The Hall–Kier alpha value is -3.90. The zero-order chi connectivity index (χ0) is 22.5. The molecule has 1 aliphatic heterocycles. The van der Waals surface area contributed by atoms with E-state index < -0.39 is 5.69 Å². The molecule has 1 saturated heterocycles. The van der Waals surface area contributed by atoms with E-state index in [1.165, 1.54) is 4.57 Å². The molecule has 2 aromatic heterocycles. The molecular formula is C23H23N5O4. The number of nitriles is 1. The molecule has 3 heterocycles. The molecule has 0 spiro atoms. The highest BCUT2D eigenvalue weighted by Gasteiger charge is 2.17. The van der Waals surface area contributed by atoms with Gasteiger partial charge in [0.25, 0.3) is 0 Å². The highest BCUT2D eigenvalue weighted by atomic mass is 16.5. The Morgan fingerprint density at radius 2 is 2.00 bits per heavy atom. The summed E-state index contributed by atoms with van der Waals surface area (Å²) >= 11 is 0. The van der Waals surface area contributed by atoms with Crippen molar-refractivity contribution in [2.24, 2.45) is 7.05 Å². The van der Waals surface area contributed by atoms with Gasteiger partial charge in [0.15, 0.2) is 0 Å². The van der Waals surface area contributed by atoms with Gasteiger partial charge in [0.2, 0.25) is 5.88 Å². The Balaban J connectivity index is 1.49. The topological polar surface area (TPSA) is 102 Å². The fourth-order valence-electron chi connectivity index (χ4n) is 3.32. The van der Waals surface area contributed by atoms with E-state index in [1.54, 1.807) is 37.5 Å². The molecule has 32 heavy (non-hydrogen) atoms. The van der Waals surface area contributed by atoms with Gasteiger partial charge >= 0.3 is 5.69 Å². The molecule has 0 bridgehead atoms. The van der Waals surface area contributed by atoms with Gasteiger partial charge in [0, 0.05) is 31.9 Å². The lowest BCUT2D eigenvalue weighted by molar-refractivity contribution is 0.122. The number of pyridine rings is 1. The summed E-state index contributed by atoms with van der Waals surface area (Å²) in [5.41, 5.74) is 1.62. The number of rotatable bonds is 6. The van der Waals surface area contributed by atoms with Gasteiger partial charge in [-0.3, -0.25) is 9.55 Å². The summed E-state index contributed by atoms with van der Waals surface area (Å²) in [6.45, 7) is 4.65. The van der Waals surface area contributed by atoms with Gasteiger partial charge < -0.3 is 19.1 Å². The minimum absolute atomic E-state index is 0.157. The van der Waals surface area contributed by atoms with Gasteiger partial charge in [-0.05, 0) is 36.8 Å². The minimum atomic E-state index is -0.392. The second-order valence-electron chi connectivity index (χ2n) is 7.36. The molecule has 0 radical (unpaired) electrons.